The third-order valence-electron chi connectivity index (χ3n) is 3.20. The van der Waals surface area contributed by atoms with Crippen LogP contribution in [0.1, 0.15) is 39.4 Å². The SMILES string of the molecule is Cc1sc(C(=O)O)cc1CNCC1CCC1. The van der Waals surface area contributed by atoms with Gasteiger partial charge in [0, 0.05) is 11.4 Å². The molecule has 0 aliphatic heterocycles. The number of thiophene rings is 1. The molecule has 0 atom stereocenters. The lowest BCUT2D eigenvalue weighted by molar-refractivity contribution is 0.0702. The van der Waals surface area contributed by atoms with Crippen molar-refractivity contribution in [1.29, 1.82) is 0 Å². The Hall–Kier alpha value is -0.870. The van der Waals surface area contributed by atoms with Crippen molar-refractivity contribution in [2.45, 2.75) is 32.7 Å². The Morgan fingerprint density at radius 2 is 2.38 bits per heavy atom. The van der Waals surface area contributed by atoms with E-state index in [2.05, 4.69) is 5.32 Å². The van der Waals surface area contributed by atoms with Crippen LogP contribution in [0.15, 0.2) is 6.07 Å². The Morgan fingerprint density at radius 3 is 2.88 bits per heavy atom. The molecule has 1 aromatic heterocycles. The molecule has 2 N–H and O–H groups in total. The van der Waals surface area contributed by atoms with Gasteiger partial charge in [0.1, 0.15) is 4.88 Å². The van der Waals surface area contributed by atoms with E-state index in [1.807, 2.05) is 6.92 Å². The molecule has 1 fully saturated rings. The summed E-state index contributed by atoms with van der Waals surface area (Å²) in [5.74, 6) is 0.0243. The number of aromatic carboxylic acids is 1. The van der Waals surface area contributed by atoms with Gasteiger partial charge in [0.05, 0.1) is 0 Å². The Morgan fingerprint density at radius 1 is 1.62 bits per heavy atom. The molecule has 1 aliphatic carbocycles. The molecule has 2 rings (SSSR count). The lowest BCUT2D eigenvalue weighted by atomic mass is 9.85. The molecule has 0 bridgehead atoms. The van der Waals surface area contributed by atoms with Crippen LogP contribution in [-0.4, -0.2) is 17.6 Å². The molecule has 16 heavy (non-hydrogen) atoms. The first-order chi connectivity index (χ1) is 7.66. The van der Waals surface area contributed by atoms with E-state index >= 15 is 0 Å². The number of carboxylic acid groups (broad SMARTS) is 1. The van der Waals surface area contributed by atoms with Gasteiger partial charge in [-0.1, -0.05) is 6.42 Å². The second-order valence-corrected chi connectivity index (χ2v) is 5.68. The molecule has 0 amide bonds. The van der Waals surface area contributed by atoms with E-state index in [1.54, 1.807) is 6.07 Å². The number of carbonyl (C=O) groups is 1. The van der Waals surface area contributed by atoms with E-state index in [0.717, 1.165) is 29.4 Å². The van der Waals surface area contributed by atoms with E-state index in [1.165, 1.54) is 30.6 Å². The molecule has 0 aromatic carbocycles. The lowest BCUT2D eigenvalue weighted by Crippen LogP contribution is -2.26. The predicted octanol–water partition coefficient (Wildman–Crippen LogP) is 2.64. The van der Waals surface area contributed by atoms with E-state index < -0.39 is 5.97 Å². The molecule has 1 aliphatic rings. The quantitative estimate of drug-likeness (QED) is 0.830. The number of carboxylic acids is 1. The molecular weight excluding hydrogens is 222 g/mol. The highest BCUT2D eigenvalue weighted by Crippen LogP contribution is 2.26. The molecule has 1 aromatic rings. The molecule has 0 spiro atoms. The summed E-state index contributed by atoms with van der Waals surface area (Å²) in [4.78, 5) is 12.3. The van der Waals surface area contributed by atoms with Gasteiger partial charge in [0.2, 0.25) is 0 Å². The van der Waals surface area contributed by atoms with E-state index in [9.17, 15) is 4.79 Å². The van der Waals surface area contributed by atoms with Gasteiger partial charge in [-0.25, -0.2) is 4.79 Å². The van der Waals surface area contributed by atoms with Gasteiger partial charge in [0.15, 0.2) is 0 Å². The van der Waals surface area contributed by atoms with Crippen LogP contribution in [0.3, 0.4) is 0 Å². The number of hydrogen-bond donors (Lipinski definition) is 2. The minimum atomic E-state index is -0.821. The molecule has 0 unspecified atom stereocenters. The van der Waals surface area contributed by atoms with E-state index in [4.69, 9.17) is 5.11 Å². The number of hydrogen-bond acceptors (Lipinski definition) is 3. The molecule has 1 saturated carbocycles. The summed E-state index contributed by atoms with van der Waals surface area (Å²) in [5.41, 5.74) is 1.13. The maximum atomic E-state index is 10.8. The highest BCUT2D eigenvalue weighted by atomic mass is 32.1. The summed E-state index contributed by atoms with van der Waals surface area (Å²) in [6.07, 6.45) is 4.05. The molecule has 0 saturated heterocycles. The number of nitrogens with one attached hydrogen (secondary N) is 1. The van der Waals surface area contributed by atoms with Crippen LogP contribution in [-0.2, 0) is 6.54 Å². The van der Waals surface area contributed by atoms with Crippen molar-refractivity contribution in [2.75, 3.05) is 6.54 Å². The van der Waals surface area contributed by atoms with E-state index in [0.29, 0.717) is 4.88 Å². The van der Waals surface area contributed by atoms with Gasteiger partial charge in [0.25, 0.3) is 0 Å². The molecule has 0 radical (unpaired) electrons. The summed E-state index contributed by atoms with van der Waals surface area (Å²) in [5, 5.41) is 12.3. The zero-order valence-electron chi connectivity index (χ0n) is 9.45. The molecule has 4 heteroatoms. The second-order valence-electron chi connectivity index (χ2n) is 4.43. The topological polar surface area (TPSA) is 49.3 Å². The van der Waals surface area contributed by atoms with Crippen molar-refractivity contribution in [3.8, 4) is 0 Å². The number of aryl methyl sites for hydroxylation is 1. The van der Waals surface area contributed by atoms with Gasteiger partial charge >= 0.3 is 5.97 Å². The monoisotopic (exact) mass is 239 g/mol. The highest BCUT2D eigenvalue weighted by Gasteiger charge is 2.17. The van der Waals surface area contributed by atoms with Crippen LogP contribution in [0, 0.1) is 12.8 Å². The van der Waals surface area contributed by atoms with Crippen LogP contribution >= 0.6 is 11.3 Å². The van der Waals surface area contributed by atoms with Crippen molar-refractivity contribution >= 4 is 17.3 Å². The van der Waals surface area contributed by atoms with Crippen molar-refractivity contribution in [3.63, 3.8) is 0 Å². The normalized spacial score (nSPS) is 16.1. The summed E-state index contributed by atoms with van der Waals surface area (Å²) in [6, 6.07) is 1.79. The summed E-state index contributed by atoms with van der Waals surface area (Å²) >= 11 is 1.36. The molecule has 1 heterocycles. The fraction of sp³-hybridized carbons (Fsp3) is 0.583. The minimum Gasteiger partial charge on any atom is -0.477 e. The van der Waals surface area contributed by atoms with Gasteiger partial charge < -0.3 is 10.4 Å². The van der Waals surface area contributed by atoms with Crippen molar-refractivity contribution < 1.29 is 9.90 Å². The van der Waals surface area contributed by atoms with Crippen LogP contribution in [0.4, 0.5) is 0 Å². The van der Waals surface area contributed by atoms with Crippen LogP contribution < -0.4 is 5.32 Å². The fourth-order valence-corrected chi connectivity index (χ4v) is 2.79. The average molecular weight is 239 g/mol. The van der Waals surface area contributed by atoms with Crippen LogP contribution in [0.25, 0.3) is 0 Å². The smallest absolute Gasteiger partial charge is 0.345 e. The predicted molar refractivity (Wildman–Crippen MR) is 65.1 cm³/mol. The first-order valence-electron chi connectivity index (χ1n) is 5.70. The lowest BCUT2D eigenvalue weighted by Gasteiger charge is -2.25. The van der Waals surface area contributed by atoms with Crippen LogP contribution in [0.2, 0.25) is 0 Å². The third-order valence-corrected chi connectivity index (χ3v) is 4.29. The number of rotatable bonds is 5. The zero-order valence-corrected chi connectivity index (χ0v) is 10.3. The second kappa shape index (κ2) is 4.97. The first kappa shape index (κ1) is 11.6. The summed E-state index contributed by atoms with van der Waals surface area (Å²) in [6.45, 7) is 3.85. The maximum Gasteiger partial charge on any atom is 0.345 e. The van der Waals surface area contributed by atoms with Gasteiger partial charge in [-0.15, -0.1) is 11.3 Å². The van der Waals surface area contributed by atoms with Gasteiger partial charge in [-0.3, -0.25) is 0 Å². The largest absolute Gasteiger partial charge is 0.477 e. The van der Waals surface area contributed by atoms with Crippen molar-refractivity contribution in [1.82, 2.24) is 5.32 Å². The maximum absolute atomic E-state index is 10.8. The van der Waals surface area contributed by atoms with Crippen molar-refractivity contribution in [3.05, 3.63) is 21.4 Å². The fourth-order valence-electron chi connectivity index (χ4n) is 1.91. The Kier molecular flexibility index (Phi) is 3.61. The molecule has 88 valence electrons. The summed E-state index contributed by atoms with van der Waals surface area (Å²) in [7, 11) is 0. The van der Waals surface area contributed by atoms with Gasteiger partial charge in [-0.05, 0) is 43.9 Å². The molecular formula is C12H17NO2S. The Labute approximate surface area is 99.5 Å². The average Bonchev–Trinajstić information content (AvgIpc) is 2.52. The zero-order chi connectivity index (χ0) is 11.5. The third kappa shape index (κ3) is 2.62. The Bertz CT molecular complexity index is 382. The Balaban J connectivity index is 1.85. The van der Waals surface area contributed by atoms with Crippen molar-refractivity contribution in [2.24, 2.45) is 5.92 Å². The first-order valence-corrected chi connectivity index (χ1v) is 6.52. The molecule has 3 nitrogen and oxygen atoms in total. The summed E-state index contributed by atoms with van der Waals surface area (Å²) < 4.78 is 0. The highest BCUT2D eigenvalue weighted by molar-refractivity contribution is 7.14. The van der Waals surface area contributed by atoms with E-state index in [-0.39, 0.29) is 0 Å². The van der Waals surface area contributed by atoms with Gasteiger partial charge in [-0.2, -0.15) is 0 Å². The van der Waals surface area contributed by atoms with Crippen LogP contribution in [0.5, 0.6) is 0 Å². The minimum absolute atomic E-state index is 0.443. The standard InChI is InChI=1S/C12H17NO2S/c1-8-10(5-11(16-8)12(14)15)7-13-6-9-3-2-4-9/h5,9,13H,2-4,6-7H2,1H3,(H,14,15).